The minimum Gasteiger partial charge on any atom is -0.494 e. The number of rotatable bonds is 4. The van der Waals surface area contributed by atoms with Crippen LogP contribution in [0.25, 0.3) is 0 Å². The number of nitrogens with zero attached hydrogens (tertiary/aromatic N) is 3. The largest absolute Gasteiger partial charge is 0.494 e. The Morgan fingerprint density at radius 1 is 1.52 bits per heavy atom. The number of anilines is 1. The number of benzene rings is 1. The lowest BCUT2D eigenvalue weighted by Crippen LogP contribution is -2.17. The predicted octanol–water partition coefficient (Wildman–Crippen LogP) is 2.24. The maximum atomic E-state index is 12.2. The second-order valence-electron chi connectivity index (χ2n) is 4.06. The van der Waals surface area contributed by atoms with Gasteiger partial charge in [-0.25, -0.2) is 0 Å². The summed E-state index contributed by atoms with van der Waals surface area (Å²) >= 11 is 5.88. The smallest absolute Gasteiger partial charge is 0.275 e. The van der Waals surface area contributed by atoms with Crippen molar-refractivity contribution in [2.24, 2.45) is 7.05 Å². The quantitative estimate of drug-likeness (QED) is 0.689. The summed E-state index contributed by atoms with van der Waals surface area (Å²) in [4.78, 5) is 22.3. The summed E-state index contributed by atoms with van der Waals surface area (Å²) in [5, 5.41) is 17.4. The highest BCUT2D eigenvalue weighted by Gasteiger charge is 2.18. The molecule has 2 aromatic rings. The minimum atomic E-state index is -0.549. The number of carbonyl (C=O) groups is 1. The number of nitro groups is 1. The SMILES string of the molecule is COc1cc([N+](=O)[O-])ccc1NC(=O)c1c(Cl)cnn1C. The van der Waals surface area contributed by atoms with Gasteiger partial charge in [0.05, 0.1) is 35.0 Å². The molecule has 9 heteroatoms. The molecule has 0 saturated carbocycles. The van der Waals surface area contributed by atoms with Gasteiger partial charge in [-0.1, -0.05) is 11.6 Å². The molecule has 1 aromatic carbocycles. The zero-order chi connectivity index (χ0) is 15.6. The summed E-state index contributed by atoms with van der Waals surface area (Å²) in [5.74, 6) is -0.317. The molecule has 8 nitrogen and oxygen atoms in total. The van der Waals surface area contributed by atoms with Gasteiger partial charge in [0, 0.05) is 13.1 Å². The third kappa shape index (κ3) is 2.95. The third-order valence-electron chi connectivity index (χ3n) is 2.75. The highest BCUT2D eigenvalue weighted by Crippen LogP contribution is 2.29. The first-order valence-corrected chi connectivity index (χ1v) is 6.13. The van der Waals surface area contributed by atoms with Gasteiger partial charge in [-0.15, -0.1) is 0 Å². The first-order chi connectivity index (χ1) is 9.93. The zero-order valence-electron chi connectivity index (χ0n) is 11.2. The Hall–Kier alpha value is -2.61. The molecule has 2 rings (SSSR count). The molecule has 0 spiro atoms. The van der Waals surface area contributed by atoms with E-state index in [-0.39, 0.29) is 22.2 Å². The van der Waals surface area contributed by atoms with Gasteiger partial charge >= 0.3 is 0 Å². The van der Waals surface area contributed by atoms with E-state index in [9.17, 15) is 14.9 Å². The summed E-state index contributed by atoms with van der Waals surface area (Å²) in [6.07, 6.45) is 1.35. The standard InChI is InChI=1S/C12H11ClN4O4/c1-16-11(8(13)6-14-16)12(18)15-9-4-3-7(17(19)20)5-10(9)21-2/h3-6H,1-2H3,(H,15,18). The lowest BCUT2D eigenvalue weighted by Gasteiger charge is -2.10. The van der Waals surface area contributed by atoms with Crippen molar-refractivity contribution in [2.75, 3.05) is 12.4 Å². The molecule has 1 N–H and O–H groups in total. The Bertz CT molecular complexity index is 694. The van der Waals surface area contributed by atoms with Crippen LogP contribution >= 0.6 is 11.6 Å². The number of aromatic nitrogens is 2. The van der Waals surface area contributed by atoms with Crippen LogP contribution in [0.3, 0.4) is 0 Å². The van der Waals surface area contributed by atoms with Gasteiger partial charge in [0.2, 0.25) is 0 Å². The molecule has 1 heterocycles. The number of halogens is 1. The fourth-order valence-electron chi connectivity index (χ4n) is 1.74. The van der Waals surface area contributed by atoms with Gasteiger partial charge in [0.15, 0.2) is 0 Å². The van der Waals surface area contributed by atoms with E-state index in [4.69, 9.17) is 16.3 Å². The summed E-state index contributed by atoms with van der Waals surface area (Å²) in [6.45, 7) is 0. The number of nitrogens with one attached hydrogen (secondary N) is 1. The molecule has 0 saturated heterocycles. The van der Waals surface area contributed by atoms with Gasteiger partial charge in [0.25, 0.3) is 11.6 Å². The van der Waals surface area contributed by atoms with Crippen molar-refractivity contribution in [3.05, 3.63) is 45.2 Å². The predicted molar refractivity (Wildman–Crippen MR) is 75.8 cm³/mol. The van der Waals surface area contributed by atoms with E-state index in [1.165, 1.54) is 36.2 Å². The highest BCUT2D eigenvalue weighted by atomic mass is 35.5. The molecule has 0 radical (unpaired) electrons. The Balaban J connectivity index is 2.31. The number of amides is 1. The van der Waals surface area contributed by atoms with Crippen LogP contribution in [-0.2, 0) is 7.05 Å². The molecular weight excluding hydrogens is 300 g/mol. The van der Waals surface area contributed by atoms with Crippen molar-refractivity contribution in [3.63, 3.8) is 0 Å². The number of aryl methyl sites for hydroxylation is 1. The fraction of sp³-hybridized carbons (Fsp3) is 0.167. The topological polar surface area (TPSA) is 99.3 Å². The van der Waals surface area contributed by atoms with Gasteiger partial charge in [-0.05, 0) is 6.07 Å². The van der Waals surface area contributed by atoms with E-state index >= 15 is 0 Å². The average Bonchev–Trinajstić information content (AvgIpc) is 2.78. The van der Waals surface area contributed by atoms with Crippen molar-refractivity contribution in [1.82, 2.24) is 9.78 Å². The van der Waals surface area contributed by atoms with Crippen LogP contribution in [0.2, 0.25) is 5.02 Å². The Morgan fingerprint density at radius 3 is 2.76 bits per heavy atom. The monoisotopic (exact) mass is 310 g/mol. The van der Waals surface area contributed by atoms with Crippen molar-refractivity contribution >= 4 is 28.9 Å². The van der Waals surface area contributed by atoms with E-state index in [0.29, 0.717) is 5.69 Å². The molecule has 1 amide bonds. The molecule has 0 bridgehead atoms. The molecular formula is C12H11ClN4O4. The first-order valence-electron chi connectivity index (χ1n) is 5.75. The maximum Gasteiger partial charge on any atom is 0.275 e. The van der Waals surface area contributed by atoms with Crippen molar-refractivity contribution < 1.29 is 14.5 Å². The number of hydrogen-bond acceptors (Lipinski definition) is 5. The molecule has 0 fully saturated rings. The summed E-state index contributed by atoms with van der Waals surface area (Å²) < 4.78 is 6.37. The fourth-order valence-corrected chi connectivity index (χ4v) is 2.00. The van der Waals surface area contributed by atoms with Crippen LogP contribution in [0.5, 0.6) is 5.75 Å². The molecule has 0 atom stereocenters. The van der Waals surface area contributed by atoms with Crippen molar-refractivity contribution in [3.8, 4) is 5.75 Å². The number of hydrogen-bond donors (Lipinski definition) is 1. The average molecular weight is 311 g/mol. The third-order valence-corrected chi connectivity index (χ3v) is 3.03. The lowest BCUT2D eigenvalue weighted by molar-refractivity contribution is -0.384. The Kier molecular flexibility index (Phi) is 4.08. The zero-order valence-corrected chi connectivity index (χ0v) is 11.9. The van der Waals surface area contributed by atoms with Crippen molar-refractivity contribution in [2.45, 2.75) is 0 Å². The van der Waals surface area contributed by atoms with E-state index in [1.54, 1.807) is 7.05 Å². The van der Waals surface area contributed by atoms with Gasteiger partial charge < -0.3 is 10.1 Å². The maximum absolute atomic E-state index is 12.2. The van der Waals surface area contributed by atoms with Crippen LogP contribution < -0.4 is 10.1 Å². The van der Waals surface area contributed by atoms with Crippen LogP contribution in [-0.4, -0.2) is 27.7 Å². The normalized spacial score (nSPS) is 10.2. The van der Waals surface area contributed by atoms with Crippen LogP contribution in [0.1, 0.15) is 10.5 Å². The van der Waals surface area contributed by atoms with E-state index in [2.05, 4.69) is 10.4 Å². The highest BCUT2D eigenvalue weighted by molar-refractivity contribution is 6.34. The van der Waals surface area contributed by atoms with E-state index in [0.717, 1.165) is 0 Å². The Morgan fingerprint density at radius 2 is 2.24 bits per heavy atom. The number of nitro benzene ring substituents is 1. The van der Waals surface area contributed by atoms with E-state index < -0.39 is 10.8 Å². The number of ether oxygens (including phenoxy) is 1. The minimum absolute atomic E-state index is 0.136. The summed E-state index contributed by atoms with van der Waals surface area (Å²) in [6, 6.07) is 3.88. The van der Waals surface area contributed by atoms with Gasteiger partial charge in [-0.3, -0.25) is 19.6 Å². The molecule has 110 valence electrons. The number of methoxy groups -OCH3 is 1. The molecule has 0 aliphatic rings. The summed E-state index contributed by atoms with van der Waals surface area (Å²) in [5.41, 5.74) is 0.339. The number of non-ortho nitro benzene ring substituents is 1. The first kappa shape index (κ1) is 14.8. The summed E-state index contributed by atoms with van der Waals surface area (Å²) in [7, 11) is 2.93. The van der Waals surface area contributed by atoms with Crippen LogP contribution in [0.4, 0.5) is 11.4 Å². The number of carbonyl (C=O) groups excluding carboxylic acids is 1. The Labute approximate surface area is 124 Å². The molecule has 21 heavy (non-hydrogen) atoms. The molecule has 1 aromatic heterocycles. The van der Waals surface area contributed by atoms with Crippen molar-refractivity contribution in [1.29, 1.82) is 0 Å². The van der Waals surface area contributed by atoms with Gasteiger partial charge in [0.1, 0.15) is 11.4 Å². The molecule has 0 aliphatic heterocycles. The van der Waals surface area contributed by atoms with Gasteiger partial charge in [-0.2, -0.15) is 5.10 Å². The second kappa shape index (κ2) is 5.80. The van der Waals surface area contributed by atoms with Crippen LogP contribution in [0, 0.1) is 10.1 Å². The lowest BCUT2D eigenvalue weighted by atomic mass is 10.2. The molecule has 0 aliphatic carbocycles. The van der Waals surface area contributed by atoms with E-state index in [1.807, 2.05) is 0 Å². The molecule has 0 unspecified atom stereocenters. The second-order valence-corrected chi connectivity index (χ2v) is 4.47. The van der Waals surface area contributed by atoms with Crippen LogP contribution in [0.15, 0.2) is 24.4 Å².